The van der Waals surface area contributed by atoms with Crippen LogP contribution >= 0.6 is 11.8 Å². The maximum absolute atomic E-state index is 12.6. The lowest BCUT2D eigenvalue weighted by Crippen LogP contribution is -2.24. The lowest BCUT2D eigenvalue weighted by molar-refractivity contribution is 0.627. The van der Waals surface area contributed by atoms with Crippen LogP contribution in [0, 0.1) is 5.82 Å². The van der Waals surface area contributed by atoms with Gasteiger partial charge in [-0.15, -0.1) is 0 Å². The summed E-state index contributed by atoms with van der Waals surface area (Å²) in [5, 5.41) is 5.94. The van der Waals surface area contributed by atoms with E-state index in [9.17, 15) is 14.0 Å². The van der Waals surface area contributed by atoms with Crippen LogP contribution in [0.1, 0.15) is 5.56 Å². The first-order valence-electron chi connectivity index (χ1n) is 4.71. The van der Waals surface area contributed by atoms with Crippen molar-refractivity contribution in [1.82, 2.24) is 15.2 Å². The minimum atomic E-state index is -0.638. The molecule has 0 atom stereocenters. The van der Waals surface area contributed by atoms with Crippen LogP contribution in [0.5, 0.6) is 0 Å². The van der Waals surface area contributed by atoms with Crippen molar-refractivity contribution in [3.05, 3.63) is 56.5 Å². The van der Waals surface area contributed by atoms with E-state index in [1.54, 1.807) is 12.1 Å². The van der Waals surface area contributed by atoms with Crippen molar-refractivity contribution in [3.8, 4) is 0 Å². The second kappa shape index (κ2) is 4.96. The Balaban J connectivity index is 2.10. The van der Waals surface area contributed by atoms with Gasteiger partial charge in [-0.1, -0.05) is 23.9 Å². The van der Waals surface area contributed by atoms with Crippen LogP contribution in [-0.2, 0) is 5.75 Å². The van der Waals surface area contributed by atoms with Gasteiger partial charge in [0.1, 0.15) is 5.82 Å². The Bertz CT molecular complexity index is 620. The van der Waals surface area contributed by atoms with E-state index in [1.807, 2.05) is 0 Å². The summed E-state index contributed by atoms with van der Waals surface area (Å²) < 4.78 is 12.6. The van der Waals surface area contributed by atoms with Crippen LogP contribution in [0.2, 0.25) is 0 Å². The number of aromatic amines is 2. The van der Waals surface area contributed by atoms with Gasteiger partial charge in [-0.25, -0.2) is 14.3 Å². The third-order valence-electron chi connectivity index (χ3n) is 1.97. The molecule has 0 aliphatic carbocycles. The molecule has 0 saturated heterocycles. The predicted molar refractivity (Wildman–Crippen MR) is 61.4 cm³/mol. The fraction of sp³-hybridized carbons (Fsp3) is 0.100. The summed E-state index contributed by atoms with van der Waals surface area (Å²) >= 11 is 1.17. The molecule has 88 valence electrons. The Morgan fingerprint density at radius 2 is 1.94 bits per heavy atom. The summed E-state index contributed by atoms with van der Waals surface area (Å²) in [7, 11) is 0. The van der Waals surface area contributed by atoms with Gasteiger partial charge in [0.15, 0.2) is 5.03 Å². The molecule has 0 aliphatic heterocycles. The molecule has 7 heteroatoms. The van der Waals surface area contributed by atoms with E-state index in [0.29, 0.717) is 5.75 Å². The average molecular weight is 253 g/mol. The van der Waals surface area contributed by atoms with Gasteiger partial charge >= 0.3 is 5.69 Å². The molecule has 17 heavy (non-hydrogen) atoms. The zero-order valence-corrected chi connectivity index (χ0v) is 9.38. The highest BCUT2D eigenvalue weighted by Gasteiger charge is 2.03. The Morgan fingerprint density at radius 3 is 2.59 bits per heavy atom. The predicted octanol–water partition coefficient (Wildman–Crippen LogP) is 0.890. The Morgan fingerprint density at radius 1 is 1.24 bits per heavy atom. The standard InChI is InChI=1S/C10H8FN3O2S/c11-7-3-1-6(2-4-7)5-17-9-8(15)12-10(16)14-13-9/h1-4H,5H2,(H2,12,14,15,16). The monoisotopic (exact) mass is 253 g/mol. The minimum Gasteiger partial charge on any atom is -0.271 e. The van der Waals surface area contributed by atoms with E-state index in [1.165, 1.54) is 23.9 Å². The van der Waals surface area contributed by atoms with Gasteiger partial charge in [-0.05, 0) is 17.7 Å². The normalized spacial score (nSPS) is 10.4. The lowest BCUT2D eigenvalue weighted by atomic mass is 10.2. The lowest BCUT2D eigenvalue weighted by Gasteiger charge is -1.99. The number of aromatic nitrogens is 3. The summed E-state index contributed by atoms with van der Waals surface area (Å²) in [6, 6.07) is 5.95. The van der Waals surface area contributed by atoms with Crippen LogP contribution in [-0.4, -0.2) is 15.2 Å². The van der Waals surface area contributed by atoms with E-state index in [-0.39, 0.29) is 10.8 Å². The number of rotatable bonds is 3. The van der Waals surface area contributed by atoms with Gasteiger partial charge in [0.25, 0.3) is 5.56 Å². The zero-order chi connectivity index (χ0) is 12.3. The van der Waals surface area contributed by atoms with Crippen LogP contribution in [0.3, 0.4) is 0 Å². The number of nitrogens with one attached hydrogen (secondary N) is 2. The van der Waals surface area contributed by atoms with Crippen molar-refractivity contribution in [2.75, 3.05) is 0 Å². The first-order chi connectivity index (χ1) is 8.15. The van der Waals surface area contributed by atoms with E-state index in [2.05, 4.69) is 15.2 Å². The number of nitrogens with zero attached hydrogens (tertiary/aromatic N) is 1. The van der Waals surface area contributed by atoms with Crippen molar-refractivity contribution in [2.45, 2.75) is 10.8 Å². The summed E-state index contributed by atoms with van der Waals surface area (Å²) in [5.74, 6) is 0.168. The molecular formula is C10H8FN3O2S. The third kappa shape index (κ3) is 3.04. The molecule has 0 radical (unpaired) electrons. The topological polar surface area (TPSA) is 78.6 Å². The van der Waals surface area contributed by atoms with E-state index in [4.69, 9.17) is 0 Å². The minimum absolute atomic E-state index is 0.175. The highest BCUT2D eigenvalue weighted by atomic mass is 32.2. The van der Waals surface area contributed by atoms with Gasteiger partial charge in [-0.3, -0.25) is 9.78 Å². The summed E-state index contributed by atoms with van der Waals surface area (Å²) in [6.07, 6.45) is 0. The molecule has 0 bridgehead atoms. The maximum atomic E-state index is 12.6. The second-order valence-corrected chi connectivity index (χ2v) is 4.19. The van der Waals surface area contributed by atoms with Crippen molar-refractivity contribution in [1.29, 1.82) is 0 Å². The number of hydrogen-bond donors (Lipinski definition) is 2. The van der Waals surface area contributed by atoms with Crippen molar-refractivity contribution >= 4 is 11.8 Å². The quantitative estimate of drug-likeness (QED) is 0.796. The van der Waals surface area contributed by atoms with Gasteiger partial charge in [0, 0.05) is 5.75 Å². The molecule has 0 aliphatic rings. The Hall–Kier alpha value is -1.89. The smallest absolute Gasteiger partial charge is 0.271 e. The number of halogens is 1. The third-order valence-corrected chi connectivity index (χ3v) is 3.00. The maximum Gasteiger partial charge on any atom is 0.342 e. The van der Waals surface area contributed by atoms with Crippen molar-refractivity contribution in [2.24, 2.45) is 0 Å². The molecule has 2 rings (SSSR count). The van der Waals surface area contributed by atoms with E-state index in [0.717, 1.165) is 5.56 Å². The van der Waals surface area contributed by atoms with Gasteiger partial charge in [-0.2, -0.15) is 5.10 Å². The number of thioether (sulfide) groups is 1. The molecule has 0 amide bonds. The molecule has 1 aromatic carbocycles. The number of H-pyrrole nitrogens is 2. The van der Waals surface area contributed by atoms with Crippen molar-refractivity contribution < 1.29 is 4.39 Å². The molecule has 2 aromatic rings. The zero-order valence-electron chi connectivity index (χ0n) is 8.57. The molecule has 0 spiro atoms. The largest absolute Gasteiger partial charge is 0.342 e. The average Bonchev–Trinajstić information content (AvgIpc) is 2.30. The summed E-state index contributed by atoms with van der Waals surface area (Å²) in [4.78, 5) is 24.1. The first kappa shape index (κ1) is 11.6. The Kier molecular flexibility index (Phi) is 3.38. The van der Waals surface area contributed by atoms with Crippen LogP contribution in [0.25, 0.3) is 0 Å². The summed E-state index contributed by atoms with van der Waals surface area (Å²) in [5.41, 5.74) is -0.300. The highest BCUT2D eigenvalue weighted by molar-refractivity contribution is 7.98. The van der Waals surface area contributed by atoms with Crippen LogP contribution in [0.4, 0.5) is 4.39 Å². The molecule has 1 heterocycles. The molecule has 0 saturated carbocycles. The van der Waals surface area contributed by atoms with Crippen molar-refractivity contribution in [3.63, 3.8) is 0 Å². The van der Waals surface area contributed by atoms with Gasteiger partial charge in [0.05, 0.1) is 0 Å². The van der Waals surface area contributed by atoms with E-state index < -0.39 is 11.2 Å². The molecule has 2 N–H and O–H groups in total. The number of hydrogen-bond acceptors (Lipinski definition) is 4. The fourth-order valence-electron chi connectivity index (χ4n) is 1.17. The van der Waals surface area contributed by atoms with Crippen LogP contribution in [0.15, 0.2) is 38.9 Å². The van der Waals surface area contributed by atoms with E-state index >= 15 is 0 Å². The first-order valence-corrected chi connectivity index (χ1v) is 5.70. The highest BCUT2D eigenvalue weighted by Crippen LogP contribution is 2.16. The molecule has 0 unspecified atom stereocenters. The Labute approximate surface area is 99.1 Å². The molecule has 5 nitrogen and oxygen atoms in total. The van der Waals surface area contributed by atoms with Gasteiger partial charge in [0.2, 0.25) is 0 Å². The fourth-order valence-corrected chi connectivity index (χ4v) is 1.96. The molecule has 1 aromatic heterocycles. The molecule has 0 fully saturated rings. The second-order valence-electron chi connectivity index (χ2n) is 3.23. The SMILES string of the molecule is O=c1[nH]nc(SCc2ccc(F)cc2)c(=O)[nH]1. The number of benzene rings is 1. The molecular weight excluding hydrogens is 245 g/mol. The summed E-state index contributed by atoms with van der Waals surface area (Å²) in [6.45, 7) is 0. The van der Waals surface area contributed by atoms with Gasteiger partial charge < -0.3 is 0 Å². The van der Waals surface area contributed by atoms with Crippen LogP contribution < -0.4 is 11.2 Å².